The van der Waals surface area contributed by atoms with E-state index in [1.165, 1.54) is 0 Å². The lowest BCUT2D eigenvalue weighted by molar-refractivity contribution is -0.446. The molecule has 2 aliphatic heterocycles. The molecule has 0 bridgehead atoms. The topological polar surface area (TPSA) is 60.5 Å². The molecule has 2 N–H and O–H groups in total. The average molecular weight is 218 g/mol. The van der Waals surface area contributed by atoms with Gasteiger partial charge in [0.2, 0.25) is 12.3 Å². The van der Waals surface area contributed by atoms with Gasteiger partial charge in [0.25, 0.3) is 0 Å². The Balaban J connectivity index is 2.34. The number of Topliss-reactive ketones (excluding diaryl/α,β-unsaturated/α-hetero) is 1. The van der Waals surface area contributed by atoms with E-state index < -0.39 is 0 Å². The average Bonchev–Trinajstić information content (AvgIpc) is 2.59. The minimum Gasteiger partial charge on any atom is -0.460 e. The molecule has 0 aliphatic carbocycles. The zero-order chi connectivity index (χ0) is 11.5. The largest absolute Gasteiger partial charge is 0.460 e. The van der Waals surface area contributed by atoms with E-state index in [-0.39, 0.29) is 23.8 Å². The first-order valence-corrected chi connectivity index (χ1v) is 4.99. The smallest absolute Gasteiger partial charge is 0.374 e. The van der Waals surface area contributed by atoms with Gasteiger partial charge in [0, 0.05) is 0 Å². The lowest BCUT2D eigenvalue weighted by Gasteiger charge is -2.11. The Hall–Kier alpha value is -2.10. The first-order chi connectivity index (χ1) is 7.72. The van der Waals surface area contributed by atoms with Crippen molar-refractivity contribution in [2.75, 3.05) is 6.54 Å². The minimum absolute atomic E-state index is 0.116. The van der Waals surface area contributed by atoms with Gasteiger partial charge >= 0.3 is 5.90 Å². The Morgan fingerprint density at radius 1 is 1.56 bits per heavy atom. The Morgan fingerprint density at radius 2 is 2.38 bits per heavy atom. The molecule has 0 unspecified atom stereocenters. The third-order valence-electron chi connectivity index (χ3n) is 2.25. The van der Waals surface area contributed by atoms with Crippen molar-refractivity contribution in [1.82, 2.24) is 0 Å². The zero-order valence-electron chi connectivity index (χ0n) is 8.86. The van der Waals surface area contributed by atoms with Crippen LogP contribution in [0.25, 0.3) is 0 Å². The van der Waals surface area contributed by atoms with Crippen LogP contribution in [0, 0.1) is 0 Å². The Morgan fingerprint density at radius 3 is 3.00 bits per heavy atom. The second kappa shape index (κ2) is 4.18. The normalized spacial score (nSPS) is 24.7. The van der Waals surface area contributed by atoms with E-state index in [1.54, 1.807) is 24.3 Å². The molecule has 0 saturated heterocycles. The van der Waals surface area contributed by atoms with Crippen LogP contribution >= 0.6 is 0 Å². The number of ether oxygens (including phenoxy) is 1. The molecule has 2 aliphatic rings. The highest BCUT2D eigenvalue weighted by atomic mass is 16.5. The predicted octanol–water partition coefficient (Wildman–Crippen LogP) is -0.0933. The lowest BCUT2D eigenvalue weighted by atomic mass is 10.1. The van der Waals surface area contributed by atoms with Crippen LogP contribution in [0.4, 0.5) is 0 Å². The highest BCUT2D eigenvalue weighted by Gasteiger charge is 2.33. The molecule has 0 aromatic carbocycles. The summed E-state index contributed by atoms with van der Waals surface area (Å²) in [6, 6.07) is 0. The highest BCUT2D eigenvalue weighted by Crippen LogP contribution is 2.19. The maximum absolute atomic E-state index is 11.5. The summed E-state index contributed by atoms with van der Waals surface area (Å²) in [4.78, 5) is 14.1. The Labute approximate surface area is 92.9 Å². The molecule has 16 heavy (non-hydrogen) atoms. The molecule has 0 fully saturated rings. The standard InChI is InChI=1S/C12H11NO3/c1-2-4-8-5-3-6-10(16-8)11-9(14)7-13-12(11)15/h2-6H,7H2,1H3,(H,13,15)/p+1/b4-2+,11-10?. The fraction of sp³-hybridized carbons (Fsp3) is 0.167. The van der Waals surface area contributed by atoms with Gasteiger partial charge in [-0.15, -0.1) is 0 Å². The summed E-state index contributed by atoms with van der Waals surface area (Å²) in [5.74, 6) is 0.730. The number of carbonyl (C=O) groups excluding carboxylic acids is 1. The summed E-state index contributed by atoms with van der Waals surface area (Å²) in [6.07, 6.45) is 8.84. The summed E-state index contributed by atoms with van der Waals surface area (Å²) >= 11 is 0. The van der Waals surface area contributed by atoms with E-state index in [0.29, 0.717) is 11.5 Å². The molecule has 0 aromatic rings. The molecule has 0 spiro atoms. The number of nitrogens with one attached hydrogen (secondary N) is 1. The number of ketones is 1. The quantitative estimate of drug-likeness (QED) is 0.604. The first-order valence-electron chi connectivity index (χ1n) is 4.99. The third-order valence-corrected chi connectivity index (χ3v) is 2.25. The number of aliphatic hydroxyl groups excluding tert-OH is 1. The Bertz CT molecular complexity index is 478. The van der Waals surface area contributed by atoms with Crippen molar-refractivity contribution in [3.05, 3.63) is 47.5 Å². The zero-order valence-corrected chi connectivity index (χ0v) is 8.86. The lowest BCUT2D eigenvalue weighted by Crippen LogP contribution is -2.70. The summed E-state index contributed by atoms with van der Waals surface area (Å²) in [7, 11) is 0. The molecule has 0 saturated carbocycles. The van der Waals surface area contributed by atoms with Gasteiger partial charge in [0.05, 0.1) is 0 Å². The van der Waals surface area contributed by atoms with Crippen LogP contribution in [0.2, 0.25) is 0 Å². The molecule has 0 atom stereocenters. The molecule has 2 rings (SSSR count). The van der Waals surface area contributed by atoms with Crippen LogP contribution in [0.3, 0.4) is 0 Å². The van der Waals surface area contributed by atoms with Gasteiger partial charge in [-0.25, -0.2) is 4.99 Å². The van der Waals surface area contributed by atoms with Gasteiger partial charge in [0.1, 0.15) is 11.5 Å². The van der Waals surface area contributed by atoms with Crippen molar-refractivity contribution in [2.45, 2.75) is 6.92 Å². The molecule has 2 heterocycles. The van der Waals surface area contributed by atoms with Crippen LogP contribution in [-0.2, 0) is 9.53 Å². The fourth-order valence-electron chi connectivity index (χ4n) is 1.54. The molecule has 82 valence electrons. The summed E-state index contributed by atoms with van der Waals surface area (Å²) in [6.45, 7) is 1.99. The maximum Gasteiger partial charge on any atom is 0.374 e. The minimum atomic E-state index is -0.168. The van der Waals surface area contributed by atoms with E-state index in [9.17, 15) is 9.90 Å². The van der Waals surface area contributed by atoms with Crippen LogP contribution in [0.1, 0.15) is 6.92 Å². The van der Waals surface area contributed by atoms with E-state index in [2.05, 4.69) is 4.99 Å². The number of aliphatic hydroxyl groups is 1. The van der Waals surface area contributed by atoms with Gasteiger partial charge in [-0.3, -0.25) is 4.79 Å². The number of rotatable bonds is 1. The number of allylic oxidation sites excluding steroid dienone is 5. The van der Waals surface area contributed by atoms with Gasteiger partial charge in [0.15, 0.2) is 5.57 Å². The monoisotopic (exact) mass is 218 g/mol. The summed E-state index contributed by atoms with van der Waals surface area (Å²) in [5, 5.41) is 9.50. The third kappa shape index (κ3) is 1.82. The molecular formula is C12H12NO3+. The van der Waals surface area contributed by atoms with E-state index >= 15 is 0 Å². The number of hydrogen-bond donors (Lipinski definition) is 2. The van der Waals surface area contributed by atoms with Crippen molar-refractivity contribution in [2.24, 2.45) is 0 Å². The van der Waals surface area contributed by atoms with Gasteiger partial charge in [-0.05, 0) is 25.2 Å². The summed E-state index contributed by atoms with van der Waals surface area (Å²) in [5.41, 5.74) is 0.214. The summed E-state index contributed by atoms with van der Waals surface area (Å²) < 4.78 is 5.48. The van der Waals surface area contributed by atoms with E-state index in [4.69, 9.17) is 4.74 Å². The van der Waals surface area contributed by atoms with Gasteiger partial charge in [-0.1, -0.05) is 12.2 Å². The highest BCUT2D eigenvalue weighted by molar-refractivity contribution is 6.20. The molecule has 4 nitrogen and oxygen atoms in total. The predicted molar refractivity (Wildman–Crippen MR) is 58.6 cm³/mol. The van der Waals surface area contributed by atoms with Crippen LogP contribution in [-0.4, -0.2) is 23.3 Å². The second-order valence-corrected chi connectivity index (χ2v) is 3.39. The van der Waals surface area contributed by atoms with Gasteiger partial charge in [-0.2, -0.15) is 0 Å². The van der Waals surface area contributed by atoms with Crippen LogP contribution in [0.5, 0.6) is 0 Å². The molecule has 0 aromatic heterocycles. The molecular weight excluding hydrogens is 206 g/mol. The maximum atomic E-state index is 11.5. The van der Waals surface area contributed by atoms with Crippen molar-refractivity contribution in [1.29, 1.82) is 0 Å². The number of hydrogen-bond acceptors (Lipinski definition) is 2. The first kappa shape index (κ1) is 10.4. The van der Waals surface area contributed by atoms with Crippen LogP contribution < -0.4 is 4.99 Å². The van der Waals surface area contributed by atoms with E-state index in [0.717, 1.165) is 0 Å². The molecule has 0 radical (unpaired) electrons. The Kier molecular flexibility index (Phi) is 2.72. The van der Waals surface area contributed by atoms with Crippen molar-refractivity contribution < 1.29 is 19.6 Å². The molecule has 4 heteroatoms. The van der Waals surface area contributed by atoms with Crippen molar-refractivity contribution in [3.63, 3.8) is 0 Å². The molecule has 0 amide bonds. The second-order valence-electron chi connectivity index (χ2n) is 3.39. The van der Waals surface area contributed by atoms with E-state index in [1.807, 2.05) is 13.0 Å². The fourth-order valence-corrected chi connectivity index (χ4v) is 1.54. The number of carbonyl (C=O) groups is 1. The van der Waals surface area contributed by atoms with Crippen molar-refractivity contribution in [3.8, 4) is 0 Å². The van der Waals surface area contributed by atoms with Crippen molar-refractivity contribution >= 4 is 11.7 Å². The van der Waals surface area contributed by atoms with Crippen LogP contribution in [0.15, 0.2) is 47.5 Å². The SMILES string of the molecule is C/C=C/C1=CC=CC(=C2C(=O)C[NH+]=C2O)O1. The van der Waals surface area contributed by atoms with Gasteiger partial charge < -0.3 is 9.84 Å².